The molecule has 1 aromatic carbocycles. The number of halogens is 1. The van der Waals surface area contributed by atoms with E-state index in [1.165, 1.54) is 37.8 Å². The Morgan fingerprint density at radius 2 is 1.89 bits per heavy atom. The van der Waals surface area contributed by atoms with Gasteiger partial charge in [0.15, 0.2) is 0 Å². The Labute approximate surface area is 114 Å². The highest BCUT2D eigenvalue weighted by atomic mass is 19.1. The van der Waals surface area contributed by atoms with Crippen LogP contribution in [0, 0.1) is 5.82 Å². The van der Waals surface area contributed by atoms with Crippen LogP contribution in [0.2, 0.25) is 0 Å². The lowest BCUT2D eigenvalue weighted by atomic mass is 10.1. The van der Waals surface area contributed by atoms with Gasteiger partial charge in [-0.1, -0.05) is 18.9 Å². The molecule has 1 saturated heterocycles. The maximum Gasteiger partial charge on any atom is 0.146 e. The van der Waals surface area contributed by atoms with Crippen molar-refractivity contribution in [1.29, 1.82) is 0 Å². The van der Waals surface area contributed by atoms with Crippen LogP contribution >= 0.6 is 0 Å². The molecule has 0 bridgehead atoms. The van der Waals surface area contributed by atoms with Gasteiger partial charge in [-0.2, -0.15) is 0 Å². The van der Waals surface area contributed by atoms with E-state index >= 15 is 0 Å². The number of hydrogen-bond acceptors (Lipinski definition) is 3. The first kappa shape index (κ1) is 14.3. The lowest BCUT2D eigenvalue weighted by molar-refractivity contribution is 0.143. The summed E-state index contributed by atoms with van der Waals surface area (Å²) in [5.41, 5.74) is 6.33. The topological polar surface area (TPSA) is 49.5 Å². The van der Waals surface area contributed by atoms with Crippen LogP contribution in [0.5, 0.6) is 0 Å². The van der Waals surface area contributed by atoms with Crippen LogP contribution in [0.15, 0.2) is 18.2 Å². The van der Waals surface area contributed by atoms with Crippen molar-refractivity contribution in [2.45, 2.75) is 38.2 Å². The van der Waals surface area contributed by atoms with E-state index in [4.69, 9.17) is 5.73 Å². The third-order valence-electron chi connectivity index (χ3n) is 3.82. The van der Waals surface area contributed by atoms with Gasteiger partial charge < -0.3 is 15.7 Å². The van der Waals surface area contributed by atoms with Crippen LogP contribution < -0.4 is 5.73 Å². The molecule has 1 atom stereocenters. The number of anilines is 1. The minimum Gasteiger partial charge on any atom is -0.396 e. The minimum atomic E-state index is -0.564. The van der Waals surface area contributed by atoms with Crippen LogP contribution in [-0.4, -0.2) is 29.6 Å². The predicted molar refractivity (Wildman–Crippen MR) is 75.3 cm³/mol. The van der Waals surface area contributed by atoms with Gasteiger partial charge in [0.2, 0.25) is 0 Å². The molecule has 0 aliphatic carbocycles. The molecule has 106 valence electrons. The van der Waals surface area contributed by atoms with Gasteiger partial charge in [0, 0.05) is 6.54 Å². The van der Waals surface area contributed by atoms with Crippen LogP contribution in [0.1, 0.15) is 43.8 Å². The molecule has 0 radical (unpaired) electrons. The zero-order chi connectivity index (χ0) is 13.7. The second-order valence-electron chi connectivity index (χ2n) is 5.34. The Balaban J connectivity index is 1.85. The highest BCUT2D eigenvalue weighted by molar-refractivity contribution is 5.43. The molecule has 1 heterocycles. The zero-order valence-corrected chi connectivity index (χ0v) is 11.3. The molecular formula is C15H23FN2O. The Kier molecular flexibility index (Phi) is 5.16. The van der Waals surface area contributed by atoms with Gasteiger partial charge in [-0.15, -0.1) is 0 Å². The van der Waals surface area contributed by atoms with Crippen LogP contribution in [0.25, 0.3) is 0 Å². The van der Waals surface area contributed by atoms with Crippen molar-refractivity contribution >= 4 is 5.69 Å². The second kappa shape index (κ2) is 6.87. The lowest BCUT2D eigenvalue weighted by Crippen LogP contribution is -2.26. The van der Waals surface area contributed by atoms with E-state index in [0.29, 0.717) is 12.0 Å². The summed E-state index contributed by atoms with van der Waals surface area (Å²) in [6.07, 6.45) is 5.23. The Morgan fingerprint density at radius 3 is 2.53 bits per heavy atom. The Hall–Kier alpha value is -1.13. The Morgan fingerprint density at radius 1 is 1.21 bits per heavy atom. The van der Waals surface area contributed by atoms with E-state index in [0.717, 1.165) is 19.6 Å². The highest BCUT2D eigenvalue weighted by Gasteiger charge is 2.13. The van der Waals surface area contributed by atoms with E-state index in [2.05, 4.69) is 4.90 Å². The monoisotopic (exact) mass is 266 g/mol. The smallest absolute Gasteiger partial charge is 0.146 e. The number of nitrogen functional groups attached to an aromatic ring is 1. The van der Waals surface area contributed by atoms with Gasteiger partial charge in [-0.3, -0.25) is 0 Å². The molecule has 2 rings (SSSR count). The second-order valence-corrected chi connectivity index (χ2v) is 5.34. The van der Waals surface area contributed by atoms with Crippen molar-refractivity contribution in [1.82, 2.24) is 4.90 Å². The van der Waals surface area contributed by atoms with Crippen molar-refractivity contribution in [3.05, 3.63) is 29.6 Å². The molecule has 1 aliphatic rings. The number of aliphatic hydroxyl groups excluding tert-OH is 1. The van der Waals surface area contributed by atoms with E-state index in [9.17, 15) is 9.50 Å². The number of hydrogen-bond donors (Lipinski definition) is 2. The first-order valence-corrected chi connectivity index (χ1v) is 7.12. The maximum atomic E-state index is 13.1. The highest BCUT2D eigenvalue weighted by Crippen LogP contribution is 2.22. The summed E-state index contributed by atoms with van der Waals surface area (Å²) < 4.78 is 13.1. The van der Waals surface area contributed by atoms with Gasteiger partial charge in [0.05, 0.1) is 11.8 Å². The quantitative estimate of drug-likeness (QED) is 0.824. The lowest BCUT2D eigenvalue weighted by Gasteiger charge is -2.21. The summed E-state index contributed by atoms with van der Waals surface area (Å²) in [5.74, 6) is -0.427. The summed E-state index contributed by atoms with van der Waals surface area (Å²) in [4.78, 5) is 2.41. The molecule has 1 unspecified atom stereocenters. The van der Waals surface area contributed by atoms with Crippen LogP contribution in [0.3, 0.4) is 0 Å². The summed E-state index contributed by atoms with van der Waals surface area (Å²) in [6, 6.07) is 4.46. The fourth-order valence-electron chi connectivity index (χ4n) is 2.60. The van der Waals surface area contributed by atoms with Crippen LogP contribution in [0.4, 0.5) is 10.1 Å². The van der Waals surface area contributed by atoms with Gasteiger partial charge in [-0.25, -0.2) is 4.39 Å². The molecule has 3 nitrogen and oxygen atoms in total. The molecule has 19 heavy (non-hydrogen) atoms. The SMILES string of the molecule is Nc1cc(C(O)CCN2CCCCCC2)ccc1F. The van der Waals surface area contributed by atoms with E-state index in [-0.39, 0.29) is 5.69 Å². The zero-order valence-electron chi connectivity index (χ0n) is 11.3. The summed E-state index contributed by atoms with van der Waals surface area (Å²) in [6.45, 7) is 3.13. The van der Waals surface area contributed by atoms with Crippen molar-refractivity contribution in [3.63, 3.8) is 0 Å². The molecule has 4 heteroatoms. The number of aliphatic hydroxyl groups is 1. The summed E-state index contributed by atoms with van der Waals surface area (Å²) in [7, 11) is 0. The summed E-state index contributed by atoms with van der Waals surface area (Å²) >= 11 is 0. The van der Waals surface area contributed by atoms with Crippen molar-refractivity contribution in [2.24, 2.45) is 0 Å². The van der Waals surface area contributed by atoms with Crippen LogP contribution in [-0.2, 0) is 0 Å². The number of likely N-dealkylation sites (tertiary alicyclic amines) is 1. The molecule has 0 aromatic heterocycles. The third kappa shape index (κ3) is 4.18. The van der Waals surface area contributed by atoms with Crippen molar-refractivity contribution < 1.29 is 9.50 Å². The standard InChI is InChI=1S/C15H23FN2O/c16-13-6-5-12(11-14(13)17)15(19)7-10-18-8-3-1-2-4-9-18/h5-6,11,15,19H,1-4,7-10,17H2. The third-order valence-corrected chi connectivity index (χ3v) is 3.82. The molecule has 0 amide bonds. The van der Waals surface area contributed by atoms with Gasteiger partial charge in [0.1, 0.15) is 5.82 Å². The molecule has 1 aromatic rings. The molecule has 3 N–H and O–H groups in total. The number of nitrogens with zero attached hydrogens (tertiary/aromatic N) is 1. The van der Waals surface area contributed by atoms with Crippen molar-refractivity contribution in [2.75, 3.05) is 25.4 Å². The maximum absolute atomic E-state index is 13.1. The predicted octanol–water partition coefficient (Wildman–Crippen LogP) is 2.71. The van der Waals surface area contributed by atoms with Gasteiger partial charge in [-0.05, 0) is 50.0 Å². The largest absolute Gasteiger partial charge is 0.396 e. The van der Waals surface area contributed by atoms with Crippen molar-refractivity contribution in [3.8, 4) is 0 Å². The minimum absolute atomic E-state index is 0.103. The average Bonchev–Trinajstić information content (AvgIpc) is 2.67. The van der Waals surface area contributed by atoms with Gasteiger partial charge in [0.25, 0.3) is 0 Å². The first-order valence-electron chi connectivity index (χ1n) is 7.12. The first-order chi connectivity index (χ1) is 9.16. The molecular weight excluding hydrogens is 243 g/mol. The molecule has 1 aliphatic heterocycles. The molecule has 0 saturated carbocycles. The Bertz CT molecular complexity index is 403. The van der Waals surface area contributed by atoms with Gasteiger partial charge >= 0.3 is 0 Å². The summed E-state index contributed by atoms with van der Waals surface area (Å²) in [5, 5.41) is 10.1. The fraction of sp³-hybridized carbons (Fsp3) is 0.600. The van der Waals surface area contributed by atoms with E-state index in [1.807, 2.05) is 0 Å². The average molecular weight is 266 g/mol. The fourth-order valence-corrected chi connectivity index (χ4v) is 2.60. The molecule has 0 spiro atoms. The number of benzene rings is 1. The normalized spacial score (nSPS) is 19.1. The number of nitrogens with two attached hydrogens (primary N) is 1. The molecule has 1 fully saturated rings. The number of rotatable bonds is 4. The van der Waals surface area contributed by atoms with E-state index < -0.39 is 11.9 Å². The van der Waals surface area contributed by atoms with E-state index in [1.54, 1.807) is 6.07 Å².